The molecule has 1 aliphatic rings. The minimum atomic E-state index is -0.348. The van der Waals surface area contributed by atoms with E-state index in [0.29, 0.717) is 5.56 Å². The Kier molecular flexibility index (Phi) is 4.35. The third kappa shape index (κ3) is 2.97. The molecule has 5 nitrogen and oxygen atoms in total. The summed E-state index contributed by atoms with van der Waals surface area (Å²) in [6.45, 7) is 3.73. The molecule has 0 amide bonds. The first-order valence-electron chi connectivity index (χ1n) is 6.93. The number of aryl methyl sites for hydroxylation is 1. The molecule has 1 N–H and O–H groups in total. The Hall–Kier alpha value is -1.93. The highest BCUT2D eigenvalue weighted by molar-refractivity contribution is 5.43. The minimum absolute atomic E-state index is 0.00764. The first-order valence-corrected chi connectivity index (χ1v) is 6.93. The Morgan fingerprint density at radius 1 is 1.50 bits per heavy atom. The Balaban J connectivity index is 2.13. The fraction of sp³-hybridized carbons (Fsp3) is 0.533. The van der Waals surface area contributed by atoms with Crippen LogP contribution >= 0.6 is 0 Å². The fourth-order valence-electron chi connectivity index (χ4n) is 2.82. The number of hydrogen-bond acceptors (Lipinski definition) is 4. The van der Waals surface area contributed by atoms with Crippen LogP contribution in [0.25, 0.3) is 0 Å². The van der Waals surface area contributed by atoms with Crippen LogP contribution in [-0.4, -0.2) is 11.0 Å². The molecule has 2 rings (SSSR count). The molecule has 1 aliphatic carbocycles. The average Bonchev–Trinajstić information content (AvgIpc) is 2.86. The van der Waals surface area contributed by atoms with Crippen LogP contribution in [0.3, 0.4) is 0 Å². The van der Waals surface area contributed by atoms with Gasteiger partial charge >= 0.3 is 0 Å². The van der Waals surface area contributed by atoms with E-state index in [1.165, 1.54) is 0 Å². The maximum atomic E-state index is 11.0. The lowest BCUT2D eigenvalue weighted by atomic mass is 10.0. The van der Waals surface area contributed by atoms with Crippen molar-refractivity contribution in [2.24, 2.45) is 5.92 Å². The second-order valence-corrected chi connectivity index (χ2v) is 5.46. The van der Waals surface area contributed by atoms with E-state index in [-0.39, 0.29) is 28.6 Å². The van der Waals surface area contributed by atoms with Gasteiger partial charge in [0, 0.05) is 23.7 Å². The molecule has 20 heavy (non-hydrogen) atoms. The molecule has 0 bridgehead atoms. The van der Waals surface area contributed by atoms with Crippen molar-refractivity contribution < 1.29 is 4.92 Å². The van der Waals surface area contributed by atoms with Gasteiger partial charge in [0.25, 0.3) is 5.69 Å². The van der Waals surface area contributed by atoms with E-state index in [4.69, 9.17) is 5.26 Å². The highest BCUT2D eigenvalue weighted by Crippen LogP contribution is 2.29. The standard InChI is InChI=1S/C15H19N3O2/c1-10-6-7-12(8-15(10)18(19)20)11(2)17-14-5-3-4-13(14)9-16/h6-8,11,13-14,17H,3-5H2,1-2H3. The van der Waals surface area contributed by atoms with Crippen LogP contribution in [0.2, 0.25) is 0 Å². The lowest BCUT2D eigenvalue weighted by Gasteiger charge is -2.22. The van der Waals surface area contributed by atoms with Crippen molar-refractivity contribution in [2.75, 3.05) is 0 Å². The first kappa shape index (κ1) is 14.5. The van der Waals surface area contributed by atoms with E-state index in [0.717, 1.165) is 24.8 Å². The number of benzene rings is 1. The lowest BCUT2D eigenvalue weighted by molar-refractivity contribution is -0.385. The third-order valence-corrected chi connectivity index (χ3v) is 4.08. The summed E-state index contributed by atoms with van der Waals surface area (Å²) in [6.07, 6.45) is 3.00. The molecule has 5 heteroatoms. The van der Waals surface area contributed by atoms with Gasteiger partial charge in [-0.05, 0) is 32.3 Å². The molecule has 0 aromatic heterocycles. The molecule has 1 aromatic carbocycles. The molecular formula is C15H19N3O2. The van der Waals surface area contributed by atoms with Gasteiger partial charge in [0.15, 0.2) is 0 Å². The normalized spacial score (nSPS) is 23.2. The summed E-state index contributed by atoms with van der Waals surface area (Å²) < 4.78 is 0. The van der Waals surface area contributed by atoms with Gasteiger partial charge in [0.1, 0.15) is 0 Å². The number of nitrogens with one attached hydrogen (secondary N) is 1. The van der Waals surface area contributed by atoms with E-state index < -0.39 is 0 Å². The van der Waals surface area contributed by atoms with Crippen LogP contribution in [0.1, 0.15) is 43.4 Å². The molecule has 3 unspecified atom stereocenters. The van der Waals surface area contributed by atoms with Crippen molar-refractivity contribution in [1.82, 2.24) is 5.32 Å². The topological polar surface area (TPSA) is 79.0 Å². The summed E-state index contributed by atoms with van der Waals surface area (Å²) in [5, 5.41) is 23.5. The smallest absolute Gasteiger partial charge is 0.272 e. The van der Waals surface area contributed by atoms with Gasteiger partial charge < -0.3 is 5.32 Å². The molecule has 106 valence electrons. The minimum Gasteiger partial charge on any atom is -0.306 e. The highest BCUT2D eigenvalue weighted by Gasteiger charge is 2.28. The van der Waals surface area contributed by atoms with Crippen molar-refractivity contribution in [3.05, 3.63) is 39.4 Å². The lowest BCUT2D eigenvalue weighted by Crippen LogP contribution is -2.33. The first-order chi connectivity index (χ1) is 9.52. The van der Waals surface area contributed by atoms with Crippen molar-refractivity contribution in [2.45, 2.75) is 45.2 Å². The quantitative estimate of drug-likeness (QED) is 0.674. The molecule has 0 spiro atoms. The maximum Gasteiger partial charge on any atom is 0.272 e. The molecular weight excluding hydrogens is 254 g/mol. The Morgan fingerprint density at radius 2 is 2.25 bits per heavy atom. The summed E-state index contributed by atoms with van der Waals surface area (Å²) in [4.78, 5) is 10.6. The number of nitro groups is 1. The van der Waals surface area contributed by atoms with Crippen molar-refractivity contribution in [1.29, 1.82) is 5.26 Å². The number of rotatable bonds is 4. The largest absolute Gasteiger partial charge is 0.306 e. The SMILES string of the molecule is Cc1ccc(C(C)NC2CCCC2C#N)cc1[N+](=O)[O-]. The zero-order valence-corrected chi connectivity index (χ0v) is 11.8. The number of hydrogen-bond donors (Lipinski definition) is 1. The van der Waals surface area contributed by atoms with Gasteiger partial charge in [-0.15, -0.1) is 0 Å². The van der Waals surface area contributed by atoms with Crippen LogP contribution in [0, 0.1) is 34.3 Å². The molecule has 3 atom stereocenters. The van der Waals surface area contributed by atoms with Crippen LogP contribution in [-0.2, 0) is 0 Å². The summed E-state index contributed by atoms with van der Waals surface area (Å²) in [7, 11) is 0. The molecule has 1 aromatic rings. The molecule has 0 aliphatic heterocycles. The van der Waals surface area contributed by atoms with Crippen LogP contribution in [0.5, 0.6) is 0 Å². The van der Waals surface area contributed by atoms with Gasteiger partial charge in [0.05, 0.1) is 16.9 Å². The van der Waals surface area contributed by atoms with E-state index in [1.54, 1.807) is 19.1 Å². The van der Waals surface area contributed by atoms with Crippen molar-refractivity contribution >= 4 is 5.69 Å². The molecule has 0 radical (unpaired) electrons. The maximum absolute atomic E-state index is 11.0. The number of nitriles is 1. The summed E-state index contributed by atoms with van der Waals surface area (Å²) in [5.41, 5.74) is 1.71. The fourth-order valence-corrected chi connectivity index (χ4v) is 2.82. The predicted molar refractivity (Wildman–Crippen MR) is 76.1 cm³/mol. The third-order valence-electron chi connectivity index (χ3n) is 4.08. The average molecular weight is 273 g/mol. The molecule has 0 heterocycles. The zero-order chi connectivity index (χ0) is 14.7. The Bertz CT molecular complexity index is 551. The van der Waals surface area contributed by atoms with Crippen LogP contribution in [0.4, 0.5) is 5.69 Å². The van der Waals surface area contributed by atoms with Gasteiger partial charge in [-0.2, -0.15) is 5.26 Å². The zero-order valence-electron chi connectivity index (χ0n) is 11.8. The van der Waals surface area contributed by atoms with Crippen LogP contribution < -0.4 is 5.32 Å². The van der Waals surface area contributed by atoms with Crippen molar-refractivity contribution in [3.63, 3.8) is 0 Å². The predicted octanol–water partition coefficient (Wildman–Crippen LogP) is 3.25. The number of nitro benzene ring substituents is 1. The van der Waals surface area contributed by atoms with E-state index in [1.807, 2.05) is 13.0 Å². The van der Waals surface area contributed by atoms with Gasteiger partial charge in [-0.3, -0.25) is 10.1 Å². The monoisotopic (exact) mass is 273 g/mol. The van der Waals surface area contributed by atoms with Gasteiger partial charge in [-0.25, -0.2) is 0 Å². The summed E-state index contributed by atoms with van der Waals surface area (Å²) in [6, 6.07) is 7.86. The van der Waals surface area contributed by atoms with Gasteiger partial charge in [0.2, 0.25) is 0 Å². The summed E-state index contributed by atoms with van der Waals surface area (Å²) >= 11 is 0. The Morgan fingerprint density at radius 3 is 2.90 bits per heavy atom. The van der Waals surface area contributed by atoms with Crippen molar-refractivity contribution in [3.8, 4) is 6.07 Å². The second-order valence-electron chi connectivity index (χ2n) is 5.46. The van der Waals surface area contributed by atoms with E-state index in [9.17, 15) is 10.1 Å². The van der Waals surface area contributed by atoms with E-state index in [2.05, 4.69) is 11.4 Å². The Labute approximate surface area is 118 Å². The van der Waals surface area contributed by atoms with E-state index >= 15 is 0 Å². The number of nitrogens with zero attached hydrogens (tertiary/aromatic N) is 2. The molecule has 1 fully saturated rings. The summed E-state index contributed by atoms with van der Waals surface area (Å²) in [5.74, 6) is 0.0536. The van der Waals surface area contributed by atoms with Gasteiger partial charge in [-0.1, -0.05) is 18.6 Å². The van der Waals surface area contributed by atoms with Crippen LogP contribution in [0.15, 0.2) is 18.2 Å². The second kappa shape index (κ2) is 6.02. The highest BCUT2D eigenvalue weighted by atomic mass is 16.6. The molecule has 0 saturated heterocycles. The molecule has 1 saturated carbocycles.